The Morgan fingerprint density at radius 2 is 1.42 bits per heavy atom. The second-order valence-electron chi connectivity index (χ2n) is 18.8. The quantitative estimate of drug-likeness (QED) is 0.167. The van der Waals surface area contributed by atoms with E-state index in [1.165, 1.54) is 12.8 Å². The van der Waals surface area contributed by atoms with Gasteiger partial charge < -0.3 is 39.1 Å². The number of pyridine rings is 4. The van der Waals surface area contributed by atoms with Crippen LogP contribution < -0.4 is 11.1 Å². The van der Waals surface area contributed by atoms with Crippen LogP contribution in [0.3, 0.4) is 0 Å². The molecule has 12 rings (SSSR count). The summed E-state index contributed by atoms with van der Waals surface area (Å²) in [5.41, 5.74) is 15.2. The van der Waals surface area contributed by atoms with Gasteiger partial charge in [0.2, 0.25) is 0 Å². The van der Waals surface area contributed by atoms with E-state index in [4.69, 9.17) is 35.6 Å². The van der Waals surface area contributed by atoms with Crippen molar-refractivity contribution in [2.45, 2.75) is 90.1 Å². The molecular weight excluding hydrogens is 817 g/mol. The highest BCUT2D eigenvalue weighted by Gasteiger charge is 2.40. The van der Waals surface area contributed by atoms with Gasteiger partial charge in [0.15, 0.2) is 22.9 Å². The van der Waals surface area contributed by atoms with Gasteiger partial charge in [-0.05, 0) is 112 Å². The number of fused-ring (bicyclic) bond motifs is 5. The van der Waals surface area contributed by atoms with Crippen LogP contribution in [0.25, 0.3) is 67.4 Å². The van der Waals surface area contributed by atoms with E-state index in [1.807, 2.05) is 52.0 Å². The number of hydrogen-bond donors (Lipinski definition) is 2. The van der Waals surface area contributed by atoms with Gasteiger partial charge in [-0.1, -0.05) is 0 Å². The number of aryl methyl sites for hydroxylation is 3. The molecule has 4 atom stereocenters. The lowest BCUT2D eigenvalue weighted by atomic mass is 9.90. The number of carbonyl (C=O) groups excluding carboxylic acids is 2. The smallest absolute Gasteiger partial charge is 0.255 e. The Morgan fingerprint density at radius 1 is 0.723 bits per heavy atom. The molecule has 0 radical (unpaired) electrons. The molecular formula is C49H54N14O2. The fraction of sp³-hybridized carbons (Fsp3) is 0.429. The van der Waals surface area contributed by atoms with Gasteiger partial charge in [-0.3, -0.25) is 9.59 Å². The maximum atomic E-state index is 14.2. The highest BCUT2D eigenvalue weighted by atomic mass is 16.2. The standard InChI is InChI=1S/C49H54N14O2/c1-4-61-41(47-57-38-19-34(24-54-45(38)62(47)5-2)48(64)59-14-7-9-35(50)26-59)21-31-16-32(22-52-43(31)61)36-17-29-12-15-60(27-39(29)55-36)49(65)33-18-37-44(53-23-33)58(3)46(56-37)40-20-30-8-6-13-51-42(30)63(40)25-28-10-11-28/h6,8,13,16,18-24,28-29,35-36,39,55H,4-5,7,9-12,14-15,17,25-27,50H2,1-3H3/t29?,35-,36?,39?/m1/s1. The fourth-order valence-corrected chi connectivity index (χ4v) is 11.0. The number of nitrogens with zero attached hydrogens (tertiary/aromatic N) is 12. The molecule has 1 saturated carbocycles. The molecule has 4 aliphatic rings. The SMILES string of the molecule is CCn1c(-c2nc3cc(C(=O)N4CCC[C@@H](N)C4)cnc3n2CC)cc2cc(C3CC4CCN(C(=O)c5cnc6c(c5)nc(-c5cc7cccnc7n5CC5CC5)n6C)CC4N3)cnc21. The first-order valence-corrected chi connectivity index (χ1v) is 23.5. The average Bonchev–Trinajstić information content (AvgIpc) is 3.63. The minimum Gasteiger partial charge on any atom is -0.337 e. The van der Waals surface area contributed by atoms with Crippen LogP contribution in [-0.4, -0.2) is 108 Å². The summed E-state index contributed by atoms with van der Waals surface area (Å²) >= 11 is 0. The van der Waals surface area contributed by atoms with Gasteiger partial charge in [0.1, 0.15) is 22.3 Å². The van der Waals surface area contributed by atoms with Crippen molar-refractivity contribution >= 4 is 56.2 Å². The zero-order valence-corrected chi connectivity index (χ0v) is 37.2. The lowest BCUT2D eigenvalue weighted by Gasteiger charge is -2.34. The summed E-state index contributed by atoms with van der Waals surface area (Å²) in [6.07, 6.45) is 13.5. The molecule has 8 aromatic rings. The van der Waals surface area contributed by atoms with E-state index in [0.717, 1.165) is 94.2 Å². The maximum Gasteiger partial charge on any atom is 0.255 e. The summed E-state index contributed by atoms with van der Waals surface area (Å²) in [4.78, 5) is 61.0. The van der Waals surface area contributed by atoms with Crippen LogP contribution in [0.15, 0.2) is 67.3 Å². The molecule has 3 N–H and O–H groups in total. The number of likely N-dealkylation sites (tertiary alicyclic amines) is 2. The number of amides is 2. The van der Waals surface area contributed by atoms with Crippen LogP contribution in [0.1, 0.15) is 84.7 Å². The highest BCUT2D eigenvalue weighted by molar-refractivity contribution is 5.98. The maximum absolute atomic E-state index is 14.2. The van der Waals surface area contributed by atoms with Crippen LogP contribution >= 0.6 is 0 Å². The summed E-state index contributed by atoms with van der Waals surface area (Å²) in [5.74, 6) is 2.69. The minimum absolute atomic E-state index is 0.00428. The lowest BCUT2D eigenvalue weighted by Crippen LogP contribution is -2.48. The molecule has 11 heterocycles. The number of rotatable bonds is 9. The third-order valence-corrected chi connectivity index (χ3v) is 14.6. The summed E-state index contributed by atoms with van der Waals surface area (Å²) in [6, 6.07) is 14.8. The Labute approximate surface area is 375 Å². The van der Waals surface area contributed by atoms with E-state index < -0.39 is 0 Å². The first kappa shape index (κ1) is 40.0. The molecule has 65 heavy (non-hydrogen) atoms. The van der Waals surface area contributed by atoms with E-state index in [9.17, 15) is 9.59 Å². The number of nitrogens with two attached hydrogens (primary N) is 1. The van der Waals surface area contributed by atoms with E-state index in [0.29, 0.717) is 73.3 Å². The number of aromatic nitrogens is 10. The Hall–Kier alpha value is -6.52. The van der Waals surface area contributed by atoms with Crippen molar-refractivity contribution < 1.29 is 9.59 Å². The van der Waals surface area contributed by atoms with Gasteiger partial charge in [0.25, 0.3) is 11.8 Å². The predicted molar refractivity (Wildman–Crippen MR) is 249 cm³/mol. The third kappa shape index (κ3) is 6.79. The lowest BCUT2D eigenvalue weighted by molar-refractivity contribution is 0.0667. The van der Waals surface area contributed by atoms with Crippen molar-refractivity contribution in [3.63, 3.8) is 0 Å². The van der Waals surface area contributed by atoms with E-state index in [1.54, 1.807) is 12.4 Å². The van der Waals surface area contributed by atoms with E-state index >= 15 is 0 Å². The molecule has 0 aromatic carbocycles. The Morgan fingerprint density at radius 3 is 2.18 bits per heavy atom. The molecule has 3 unspecified atom stereocenters. The molecule has 16 nitrogen and oxygen atoms in total. The number of hydrogen-bond acceptors (Lipinski definition) is 10. The average molecular weight is 871 g/mol. The third-order valence-electron chi connectivity index (χ3n) is 14.6. The summed E-state index contributed by atoms with van der Waals surface area (Å²) in [6.45, 7) is 9.13. The van der Waals surface area contributed by atoms with Crippen molar-refractivity contribution in [1.29, 1.82) is 0 Å². The van der Waals surface area contributed by atoms with E-state index in [-0.39, 0.29) is 29.9 Å². The second-order valence-corrected chi connectivity index (χ2v) is 18.8. The van der Waals surface area contributed by atoms with Crippen LogP contribution in [-0.2, 0) is 26.7 Å². The first-order valence-electron chi connectivity index (χ1n) is 23.5. The van der Waals surface area contributed by atoms with Gasteiger partial charge in [-0.15, -0.1) is 0 Å². The van der Waals surface area contributed by atoms with Crippen LogP contribution in [0.5, 0.6) is 0 Å². The fourth-order valence-electron chi connectivity index (χ4n) is 11.0. The molecule has 0 spiro atoms. The van der Waals surface area contributed by atoms with E-state index in [2.05, 4.69) is 57.1 Å². The minimum atomic E-state index is -0.0480. The first-order chi connectivity index (χ1) is 31.7. The number of imidazole rings is 2. The Kier molecular flexibility index (Phi) is 9.59. The zero-order chi connectivity index (χ0) is 44.1. The van der Waals surface area contributed by atoms with Gasteiger partial charge in [0.05, 0.1) is 22.5 Å². The predicted octanol–water partition coefficient (Wildman–Crippen LogP) is 6.32. The van der Waals surface area contributed by atoms with Crippen LogP contribution in [0, 0.1) is 11.8 Å². The van der Waals surface area contributed by atoms with Crippen LogP contribution in [0.4, 0.5) is 0 Å². The Bertz CT molecular complexity index is 3190. The molecule has 332 valence electrons. The molecule has 0 bridgehead atoms. The monoisotopic (exact) mass is 870 g/mol. The normalized spacial score (nSPS) is 21.4. The number of piperidine rings is 2. The van der Waals surface area contributed by atoms with Crippen molar-refractivity contribution in [2.24, 2.45) is 24.6 Å². The van der Waals surface area contributed by atoms with Crippen molar-refractivity contribution in [1.82, 2.24) is 63.3 Å². The molecule has 4 fully saturated rings. The highest BCUT2D eigenvalue weighted by Crippen LogP contribution is 2.39. The van der Waals surface area contributed by atoms with Gasteiger partial charge in [-0.2, -0.15) is 0 Å². The second kappa shape index (κ2) is 15.6. The molecule has 16 heteroatoms. The molecule has 8 aromatic heterocycles. The Balaban J connectivity index is 0.770. The molecule has 3 saturated heterocycles. The van der Waals surface area contributed by atoms with Crippen molar-refractivity contribution in [2.75, 3.05) is 26.2 Å². The van der Waals surface area contributed by atoms with Crippen molar-refractivity contribution in [3.05, 3.63) is 83.9 Å². The van der Waals surface area contributed by atoms with Crippen LogP contribution in [0.2, 0.25) is 0 Å². The summed E-state index contributed by atoms with van der Waals surface area (Å²) in [7, 11) is 2.00. The molecule has 1 aliphatic carbocycles. The summed E-state index contributed by atoms with van der Waals surface area (Å²) in [5, 5.41) is 6.05. The van der Waals surface area contributed by atoms with Gasteiger partial charge in [0, 0.05) is 107 Å². The molecule has 2 amide bonds. The summed E-state index contributed by atoms with van der Waals surface area (Å²) < 4.78 is 8.67. The topological polar surface area (TPSA) is 176 Å². The van der Waals surface area contributed by atoms with Crippen molar-refractivity contribution in [3.8, 4) is 23.0 Å². The van der Waals surface area contributed by atoms with Gasteiger partial charge in [-0.25, -0.2) is 29.9 Å². The number of nitrogens with one attached hydrogen (secondary N) is 1. The zero-order valence-electron chi connectivity index (χ0n) is 37.2. The number of carbonyl (C=O) groups is 2. The molecule has 3 aliphatic heterocycles. The van der Waals surface area contributed by atoms with Gasteiger partial charge >= 0.3 is 0 Å². The largest absolute Gasteiger partial charge is 0.337 e.